The van der Waals surface area contributed by atoms with E-state index in [4.69, 9.17) is 16.1 Å². The van der Waals surface area contributed by atoms with Crippen LogP contribution in [0.15, 0.2) is 42.9 Å². The van der Waals surface area contributed by atoms with E-state index < -0.39 is 26.9 Å². The van der Waals surface area contributed by atoms with E-state index in [1.807, 2.05) is 16.8 Å². The summed E-state index contributed by atoms with van der Waals surface area (Å²) >= 11 is 0. The first-order chi connectivity index (χ1) is 24.2. The second-order valence-electron chi connectivity index (χ2n) is 13.1. The standard InChI is InChI=1S/C36H34F2N8O3S.Nb/c1-3-26-29(37)14-13-22-9-8-10-27(30(22)26)32-31(38)33-28(18-39-32)35(45-15-6-4-5-7-16-45)42-36(41-33)49-20-24-17-25(19-44(24)2)50(47,48)46-21-40-34(43-46)23-11-12-23;/h1,6-10,13-14,18,21,23-25H,4-5,11-12,15-17,19-20H2,2H3;/q-2;+2/t24-,25+;/m0./s1. The van der Waals surface area contributed by atoms with E-state index in [9.17, 15) is 12.8 Å². The van der Waals surface area contributed by atoms with Crippen LogP contribution in [0.3, 0.4) is 0 Å². The van der Waals surface area contributed by atoms with Crippen LogP contribution in [0.2, 0.25) is 0 Å². The number of rotatable bonds is 8. The maximum atomic E-state index is 16.8. The zero-order valence-corrected chi connectivity index (χ0v) is 30.8. The van der Waals surface area contributed by atoms with E-state index in [1.54, 1.807) is 24.3 Å². The van der Waals surface area contributed by atoms with Crippen molar-refractivity contribution in [3.8, 4) is 29.6 Å². The number of halogens is 2. The molecule has 0 N–H and O–H groups in total. The van der Waals surface area contributed by atoms with Crippen LogP contribution in [0.5, 0.6) is 6.01 Å². The average molecular weight is 790 g/mol. The summed E-state index contributed by atoms with van der Waals surface area (Å²) in [5.41, 5.74) is 0.324. The number of hydrogen-bond acceptors (Lipinski definition) is 10. The van der Waals surface area contributed by atoms with Crippen LogP contribution in [-0.4, -0.2) is 87.0 Å². The topological polar surface area (TPSA) is 119 Å². The zero-order chi connectivity index (χ0) is 34.6. The maximum absolute atomic E-state index is 16.8. The Hall–Kier alpha value is -4.00. The van der Waals surface area contributed by atoms with Gasteiger partial charge in [-0.2, -0.15) is 9.97 Å². The van der Waals surface area contributed by atoms with E-state index in [2.05, 4.69) is 38.8 Å². The first-order valence-corrected chi connectivity index (χ1v) is 18.1. The Bertz CT molecular complexity index is 2270. The Labute approximate surface area is 310 Å². The second kappa shape index (κ2) is 14.2. The number of benzene rings is 2. The van der Waals surface area contributed by atoms with Crippen molar-refractivity contribution < 1.29 is 44.3 Å². The van der Waals surface area contributed by atoms with Gasteiger partial charge in [-0.15, -0.1) is 28.7 Å². The van der Waals surface area contributed by atoms with Crippen LogP contribution in [0.1, 0.15) is 49.4 Å². The van der Waals surface area contributed by atoms with Crippen molar-refractivity contribution >= 4 is 37.5 Å². The summed E-state index contributed by atoms with van der Waals surface area (Å²) < 4.78 is 65.6. The normalized spacial score (nSPS) is 19.9. The van der Waals surface area contributed by atoms with Crippen molar-refractivity contribution in [1.29, 1.82) is 0 Å². The van der Waals surface area contributed by atoms with Crippen molar-refractivity contribution in [3.63, 3.8) is 0 Å². The number of nitrogens with zero attached hydrogens (tertiary/aromatic N) is 8. The number of likely N-dealkylation sites (N-methyl/N-ethyl adjacent to an activating group) is 1. The van der Waals surface area contributed by atoms with Gasteiger partial charge in [0.2, 0.25) is 0 Å². The first kappa shape index (κ1) is 35.4. The van der Waals surface area contributed by atoms with Crippen LogP contribution in [-0.2, 0) is 32.4 Å². The number of fused-ring (bicyclic) bond motifs is 2. The number of terminal acetylenes is 1. The molecular formula is C36H34F2N8NbO3S. The number of pyridine rings is 1. The first-order valence-electron chi connectivity index (χ1n) is 16.6. The van der Waals surface area contributed by atoms with Gasteiger partial charge in [0, 0.05) is 35.7 Å². The van der Waals surface area contributed by atoms with Crippen molar-refractivity contribution in [1.82, 2.24) is 34.0 Å². The molecule has 0 spiro atoms. The summed E-state index contributed by atoms with van der Waals surface area (Å²) in [7, 11) is -1.94. The largest absolute Gasteiger partial charge is 2.00 e. The summed E-state index contributed by atoms with van der Waals surface area (Å²) in [4.78, 5) is 21.9. The maximum Gasteiger partial charge on any atom is 2.00 e. The average Bonchev–Trinajstić information content (AvgIpc) is 3.80. The molecule has 15 heteroatoms. The number of aromatic nitrogens is 6. The van der Waals surface area contributed by atoms with Crippen LogP contribution in [0.25, 0.3) is 32.9 Å². The molecule has 2 atom stereocenters. The van der Waals surface area contributed by atoms with Gasteiger partial charge in [0.1, 0.15) is 35.8 Å². The molecule has 11 nitrogen and oxygen atoms in total. The number of anilines is 1. The molecule has 3 aliphatic rings. The van der Waals surface area contributed by atoms with E-state index in [0.29, 0.717) is 52.9 Å². The van der Waals surface area contributed by atoms with Gasteiger partial charge in [-0.3, -0.25) is 9.88 Å². The summed E-state index contributed by atoms with van der Waals surface area (Å²) in [6, 6.07) is 7.74. The molecule has 1 aliphatic carbocycles. The molecule has 5 heterocycles. The number of hydrogen-bond donors (Lipinski definition) is 0. The minimum absolute atomic E-state index is 0. The molecule has 3 aromatic heterocycles. The Morgan fingerprint density at radius 1 is 1.08 bits per heavy atom. The molecular weight excluding hydrogens is 755 g/mol. The van der Waals surface area contributed by atoms with Crippen molar-refractivity contribution in [2.45, 2.75) is 49.3 Å². The Morgan fingerprint density at radius 3 is 2.61 bits per heavy atom. The third kappa shape index (κ3) is 6.62. The molecule has 3 fully saturated rings. The van der Waals surface area contributed by atoms with Crippen molar-refractivity contribution in [3.05, 3.63) is 78.7 Å². The molecule has 2 aromatic carbocycles. The fraction of sp³-hybridized carbons (Fsp3) is 0.361. The van der Waals surface area contributed by atoms with Crippen LogP contribution < -0.4 is 9.64 Å². The van der Waals surface area contributed by atoms with Crippen molar-refractivity contribution in [2.24, 2.45) is 0 Å². The smallest absolute Gasteiger partial charge is 0.462 e. The Morgan fingerprint density at radius 2 is 1.86 bits per heavy atom. The van der Waals surface area contributed by atoms with Crippen molar-refractivity contribution in [2.75, 3.05) is 38.2 Å². The van der Waals surface area contributed by atoms with Gasteiger partial charge in [-0.05, 0) is 37.8 Å². The third-order valence-electron chi connectivity index (χ3n) is 9.78. The van der Waals surface area contributed by atoms with Crippen LogP contribution in [0.4, 0.5) is 14.6 Å². The predicted octanol–water partition coefficient (Wildman–Crippen LogP) is 4.91. The second-order valence-corrected chi connectivity index (χ2v) is 15.2. The molecule has 51 heavy (non-hydrogen) atoms. The molecule has 5 aromatic rings. The van der Waals surface area contributed by atoms with E-state index in [1.165, 1.54) is 18.6 Å². The summed E-state index contributed by atoms with van der Waals surface area (Å²) in [6.07, 6.45) is 16.8. The molecule has 1 saturated carbocycles. The summed E-state index contributed by atoms with van der Waals surface area (Å²) in [6.45, 7) is 1.52. The van der Waals surface area contributed by atoms with Gasteiger partial charge in [-0.1, -0.05) is 30.2 Å². The van der Waals surface area contributed by atoms with Crippen LogP contribution >= 0.6 is 0 Å². The molecule has 261 valence electrons. The third-order valence-corrected chi connectivity index (χ3v) is 11.7. The minimum Gasteiger partial charge on any atom is -0.462 e. The van der Waals surface area contributed by atoms with Gasteiger partial charge >= 0.3 is 28.4 Å². The van der Waals surface area contributed by atoms with E-state index in [-0.39, 0.29) is 70.3 Å². The molecule has 2 saturated heterocycles. The SMILES string of the molecule is C#Cc1c(F)ccc2cccc(-c3ncc4c(N5C[CH-]CC[CH-]C5)nc(OC[C@@H]5C[C@@H](S(=O)(=O)n6cnc(C7CC7)n6)CN5C)nc4c3F)c12.[Nb+2]. The van der Waals surface area contributed by atoms with Gasteiger partial charge in [0.15, 0.2) is 11.6 Å². The number of likely N-dealkylation sites (tertiary alicyclic amines) is 1. The summed E-state index contributed by atoms with van der Waals surface area (Å²) in [5, 5.41) is 4.97. The van der Waals surface area contributed by atoms with E-state index >= 15 is 4.39 Å². The quantitative estimate of drug-likeness (QED) is 0.122. The minimum atomic E-state index is -3.78. The van der Waals surface area contributed by atoms with Gasteiger partial charge in [0.25, 0.3) is 10.0 Å². The Balaban J connectivity index is 0.00000406. The number of ether oxygens (including phenoxy) is 1. The fourth-order valence-corrected chi connectivity index (χ4v) is 8.43. The molecule has 0 bridgehead atoms. The van der Waals surface area contributed by atoms with Gasteiger partial charge < -0.3 is 22.5 Å². The van der Waals surface area contributed by atoms with Gasteiger partial charge in [0.05, 0.1) is 16.2 Å². The molecule has 0 amide bonds. The van der Waals surface area contributed by atoms with Crippen LogP contribution in [0, 0.1) is 36.8 Å². The molecule has 1 radical (unpaired) electrons. The fourth-order valence-electron chi connectivity index (χ4n) is 6.86. The van der Waals surface area contributed by atoms with Gasteiger partial charge in [-0.25, -0.2) is 35.0 Å². The zero-order valence-electron chi connectivity index (χ0n) is 27.8. The predicted molar refractivity (Wildman–Crippen MR) is 185 cm³/mol. The monoisotopic (exact) mass is 789 g/mol. The molecule has 0 unspecified atom stereocenters. The molecule has 8 rings (SSSR count). The Kier molecular flexibility index (Phi) is 9.86. The molecule has 2 aliphatic heterocycles. The van der Waals surface area contributed by atoms with E-state index in [0.717, 1.165) is 29.8 Å². The summed E-state index contributed by atoms with van der Waals surface area (Å²) in [5.74, 6) is 2.38.